The van der Waals surface area contributed by atoms with E-state index >= 15 is 0 Å². The van der Waals surface area contributed by atoms with Crippen LogP contribution in [0.3, 0.4) is 0 Å². The summed E-state index contributed by atoms with van der Waals surface area (Å²) in [7, 11) is 0. The SMILES string of the molecule is CCNc1nc(C2(C)CC2)nc(C)c1CC. The van der Waals surface area contributed by atoms with Crippen molar-refractivity contribution >= 4 is 5.82 Å². The summed E-state index contributed by atoms with van der Waals surface area (Å²) in [6.07, 6.45) is 3.44. The maximum Gasteiger partial charge on any atom is 0.136 e. The molecule has 0 amide bonds. The molecule has 1 N–H and O–H groups in total. The van der Waals surface area contributed by atoms with E-state index in [4.69, 9.17) is 4.98 Å². The first-order valence-corrected chi connectivity index (χ1v) is 6.22. The van der Waals surface area contributed by atoms with Crippen molar-refractivity contribution in [2.75, 3.05) is 11.9 Å². The lowest BCUT2D eigenvalue weighted by atomic mass is 10.1. The number of hydrogen-bond acceptors (Lipinski definition) is 3. The van der Waals surface area contributed by atoms with Gasteiger partial charge in [0.2, 0.25) is 0 Å². The summed E-state index contributed by atoms with van der Waals surface area (Å²) >= 11 is 0. The summed E-state index contributed by atoms with van der Waals surface area (Å²) in [5.74, 6) is 2.07. The maximum atomic E-state index is 4.71. The smallest absolute Gasteiger partial charge is 0.136 e. The van der Waals surface area contributed by atoms with Gasteiger partial charge < -0.3 is 5.32 Å². The standard InChI is InChI=1S/C13H21N3/c1-5-10-9(3)15-12(13(4)7-8-13)16-11(10)14-6-2/h5-8H2,1-4H3,(H,14,15,16). The molecule has 1 fully saturated rings. The highest BCUT2D eigenvalue weighted by Crippen LogP contribution is 2.46. The second kappa shape index (κ2) is 4.04. The van der Waals surface area contributed by atoms with Crippen molar-refractivity contribution in [1.82, 2.24) is 9.97 Å². The van der Waals surface area contributed by atoms with Crippen molar-refractivity contribution in [1.29, 1.82) is 0 Å². The lowest BCUT2D eigenvalue weighted by Crippen LogP contribution is -2.14. The lowest BCUT2D eigenvalue weighted by molar-refractivity contribution is 0.699. The van der Waals surface area contributed by atoms with Crippen LogP contribution < -0.4 is 5.32 Å². The van der Waals surface area contributed by atoms with E-state index in [0.29, 0.717) is 0 Å². The van der Waals surface area contributed by atoms with Crippen molar-refractivity contribution in [3.05, 3.63) is 17.1 Å². The van der Waals surface area contributed by atoms with Crippen LogP contribution in [0.1, 0.15) is 50.7 Å². The zero-order valence-corrected chi connectivity index (χ0v) is 10.7. The molecule has 1 aromatic heterocycles. The minimum atomic E-state index is 0.251. The van der Waals surface area contributed by atoms with Gasteiger partial charge in [-0.15, -0.1) is 0 Å². The summed E-state index contributed by atoms with van der Waals surface area (Å²) in [5.41, 5.74) is 2.65. The number of hydrogen-bond donors (Lipinski definition) is 1. The van der Waals surface area contributed by atoms with Gasteiger partial charge in [0.25, 0.3) is 0 Å². The van der Waals surface area contributed by atoms with E-state index in [2.05, 4.69) is 38.0 Å². The molecule has 1 aliphatic rings. The van der Waals surface area contributed by atoms with Gasteiger partial charge in [-0.25, -0.2) is 9.97 Å². The molecular weight excluding hydrogens is 198 g/mol. The molecule has 0 aromatic carbocycles. The van der Waals surface area contributed by atoms with E-state index in [0.717, 1.165) is 30.3 Å². The molecule has 1 aromatic rings. The quantitative estimate of drug-likeness (QED) is 0.846. The van der Waals surface area contributed by atoms with Crippen LogP contribution in [0.2, 0.25) is 0 Å². The van der Waals surface area contributed by atoms with Crippen LogP contribution in [0, 0.1) is 6.92 Å². The summed E-state index contributed by atoms with van der Waals surface area (Å²) in [5, 5.41) is 3.36. The Balaban J connectivity index is 2.43. The van der Waals surface area contributed by atoms with Gasteiger partial charge in [0.15, 0.2) is 0 Å². The zero-order valence-electron chi connectivity index (χ0n) is 10.7. The molecule has 3 nitrogen and oxygen atoms in total. The molecule has 0 radical (unpaired) electrons. The molecule has 2 rings (SSSR count). The van der Waals surface area contributed by atoms with Gasteiger partial charge >= 0.3 is 0 Å². The highest BCUT2D eigenvalue weighted by molar-refractivity contribution is 5.47. The second-order valence-electron chi connectivity index (χ2n) is 4.90. The average Bonchev–Trinajstić information content (AvgIpc) is 2.98. The van der Waals surface area contributed by atoms with E-state index < -0.39 is 0 Å². The van der Waals surface area contributed by atoms with Crippen LogP contribution in [0.25, 0.3) is 0 Å². The fraction of sp³-hybridized carbons (Fsp3) is 0.692. The molecule has 0 atom stereocenters. The molecule has 0 aliphatic heterocycles. The fourth-order valence-corrected chi connectivity index (χ4v) is 2.01. The third-order valence-electron chi connectivity index (χ3n) is 3.45. The lowest BCUT2D eigenvalue weighted by Gasteiger charge is -2.15. The molecule has 16 heavy (non-hydrogen) atoms. The summed E-state index contributed by atoms with van der Waals surface area (Å²) in [6.45, 7) is 9.53. The van der Waals surface area contributed by atoms with E-state index in [-0.39, 0.29) is 5.41 Å². The number of rotatable bonds is 4. The van der Waals surface area contributed by atoms with Crippen LogP contribution in [0.4, 0.5) is 5.82 Å². The Hall–Kier alpha value is -1.12. The van der Waals surface area contributed by atoms with Crippen LogP contribution >= 0.6 is 0 Å². The number of nitrogens with one attached hydrogen (secondary N) is 1. The Labute approximate surface area is 97.7 Å². The Morgan fingerprint density at radius 1 is 1.25 bits per heavy atom. The van der Waals surface area contributed by atoms with Gasteiger partial charge in [0, 0.05) is 23.2 Å². The molecule has 88 valence electrons. The third kappa shape index (κ3) is 1.91. The van der Waals surface area contributed by atoms with Gasteiger partial charge in [0.05, 0.1) is 0 Å². The van der Waals surface area contributed by atoms with E-state index in [1.165, 1.54) is 18.4 Å². The zero-order chi connectivity index (χ0) is 11.8. The largest absolute Gasteiger partial charge is 0.370 e. The minimum absolute atomic E-state index is 0.251. The van der Waals surface area contributed by atoms with E-state index in [1.807, 2.05) is 0 Å². The predicted molar refractivity (Wildman–Crippen MR) is 66.9 cm³/mol. The first-order chi connectivity index (χ1) is 7.60. The first-order valence-electron chi connectivity index (χ1n) is 6.22. The van der Waals surface area contributed by atoms with Gasteiger partial charge in [-0.2, -0.15) is 0 Å². The summed E-state index contributed by atoms with van der Waals surface area (Å²) in [6, 6.07) is 0. The second-order valence-corrected chi connectivity index (χ2v) is 4.90. The van der Waals surface area contributed by atoms with Crippen molar-refractivity contribution < 1.29 is 0 Å². The average molecular weight is 219 g/mol. The van der Waals surface area contributed by atoms with Gasteiger partial charge in [-0.1, -0.05) is 13.8 Å². The number of nitrogens with zero attached hydrogens (tertiary/aromatic N) is 2. The summed E-state index contributed by atoms with van der Waals surface area (Å²) in [4.78, 5) is 9.38. The highest BCUT2D eigenvalue weighted by Gasteiger charge is 2.42. The van der Waals surface area contributed by atoms with Crippen LogP contribution in [-0.4, -0.2) is 16.5 Å². The summed E-state index contributed by atoms with van der Waals surface area (Å²) < 4.78 is 0. The molecule has 3 heteroatoms. The third-order valence-corrected chi connectivity index (χ3v) is 3.45. The van der Waals surface area contributed by atoms with Crippen LogP contribution in [0.5, 0.6) is 0 Å². The predicted octanol–water partition coefficient (Wildman–Crippen LogP) is 2.83. The molecule has 1 aliphatic carbocycles. The molecule has 1 saturated carbocycles. The normalized spacial score (nSPS) is 17.2. The van der Waals surface area contributed by atoms with E-state index in [9.17, 15) is 0 Å². The number of anilines is 1. The Bertz CT molecular complexity index is 394. The van der Waals surface area contributed by atoms with Crippen molar-refractivity contribution in [3.63, 3.8) is 0 Å². The number of aromatic nitrogens is 2. The molecule has 0 unspecified atom stereocenters. The van der Waals surface area contributed by atoms with Gasteiger partial charge in [0.1, 0.15) is 11.6 Å². The van der Waals surface area contributed by atoms with Crippen LogP contribution in [0.15, 0.2) is 0 Å². The Morgan fingerprint density at radius 2 is 1.94 bits per heavy atom. The van der Waals surface area contributed by atoms with E-state index in [1.54, 1.807) is 0 Å². The van der Waals surface area contributed by atoms with Gasteiger partial charge in [-0.3, -0.25) is 0 Å². The maximum absolute atomic E-state index is 4.71. The molecule has 0 bridgehead atoms. The van der Waals surface area contributed by atoms with Crippen molar-refractivity contribution in [2.24, 2.45) is 0 Å². The molecule has 0 saturated heterocycles. The molecular formula is C13H21N3. The Kier molecular flexibility index (Phi) is 2.87. The Morgan fingerprint density at radius 3 is 2.44 bits per heavy atom. The van der Waals surface area contributed by atoms with Gasteiger partial charge in [-0.05, 0) is 33.1 Å². The monoisotopic (exact) mass is 219 g/mol. The fourth-order valence-electron chi connectivity index (χ4n) is 2.01. The minimum Gasteiger partial charge on any atom is -0.370 e. The number of aryl methyl sites for hydroxylation is 1. The van der Waals surface area contributed by atoms with Crippen LogP contribution in [-0.2, 0) is 11.8 Å². The van der Waals surface area contributed by atoms with Crippen molar-refractivity contribution in [3.8, 4) is 0 Å². The molecule has 0 spiro atoms. The van der Waals surface area contributed by atoms with Crippen molar-refractivity contribution in [2.45, 2.75) is 52.4 Å². The molecule has 1 heterocycles. The highest BCUT2D eigenvalue weighted by atomic mass is 15.0. The first kappa shape index (κ1) is 11.4. The topological polar surface area (TPSA) is 37.8 Å².